The van der Waals surface area contributed by atoms with Gasteiger partial charge in [0.2, 0.25) is 5.56 Å². The first-order valence-electron chi connectivity index (χ1n) is 21.5. The SMILES string of the molecule is CC(C)(C)[Si](C)(C)O[C@H](CNCc1ccc2oc(CC/C=C/c3ccc(-c4ccccc4)c(N(C(=O)O)[C@H]4CN5CCC4CC5)c3)nc2c1)c1ccc(O)c2[nH]c(=O)ccc12. The number of pyridine rings is 1. The Labute approximate surface area is 358 Å². The van der Waals surface area contributed by atoms with E-state index in [2.05, 4.69) is 79.4 Å². The van der Waals surface area contributed by atoms with Crippen LogP contribution < -0.4 is 15.8 Å². The smallest absolute Gasteiger partial charge is 0.412 e. The Morgan fingerprint density at radius 3 is 2.56 bits per heavy atom. The number of aryl methyl sites for hydroxylation is 1. The number of H-pyrrole nitrogens is 1. The number of aromatic hydroxyl groups is 1. The molecular weight excluding hydrogens is 783 g/mol. The number of benzene rings is 4. The van der Waals surface area contributed by atoms with E-state index < -0.39 is 14.4 Å². The molecular formula is C49H57N5O6Si. The number of fused-ring (bicyclic) bond motifs is 5. The summed E-state index contributed by atoms with van der Waals surface area (Å²) in [6, 6.07) is 28.9. The molecule has 12 heteroatoms. The Kier molecular flexibility index (Phi) is 12.1. The molecule has 5 heterocycles. The number of piperidine rings is 3. The standard InChI is InChI=1S/C49H57N5O6Si/c1-49(2,3)61(4,5)60-44(37-18-20-42(55)47-38(37)19-22-45(56)52-47)30-50-29-33-16-21-43-39(27-33)51-46(59-43)14-10-9-11-32-15-17-36(34-12-7-6-8-13-34)40(28-32)54(48(57)58)41-31-53-25-23-35(41)24-26-53/h6-9,11-13,15-22,27-28,35,41,44,50,55H,10,14,23-26,29-31H2,1-5H3,(H,52,56)(H,57,58)/b11-9+/t41-,44+/m0/s1. The van der Waals surface area contributed by atoms with Crippen LogP contribution in [-0.2, 0) is 17.4 Å². The van der Waals surface area contributed by atoms with Crippen LogP contribution in [0.2, 0.25) is 18.1 Å². The molecule has 2 aromatic heterocycles. The Morgan fingerprint density at radius 1 is 1.05 bits per heavy atom. The molecule has 2 atom stereocenters. The van der Waals surface area contributed by atoms with Crippen molar-refractivity contribution in [2.45, 2.75) is 83.3 Å². The zero-order valence-corrected chi connectivity index (χ0v) is 36.8. The molecule has 0 saturated carbocycles. The minimum Gasteiger partial charge on any atom is -0.506 e. The highest BCUT2D eigenvalue weighted by atomic mass is 28.4. The second-order valence-electron chi connectivity index (χ2n) is 18.1. The normalized spacial score (nSPS) is 18.6. The van der Waals surface area contributed by atoms with Crippen LogP contribution in [0.5, 0.6) is 5.75 Å². The lowest BCUT2D eigenvalue weighted by atomic mass is 9.82. The average Bonchev–Trinajstić information content (AvgIpc) is 3.65. The van der Waals surface area contributed by atoms with Gasteiger partial charge in [-0.15, -0.1) is 0 Å². The van der Waals surface area contributed by atoms with Crippen LogP contribution >= 0.6 is 0 Å². The first-order valence-corrected chi connectivity index (χ1v) is 24.4. The van der Waals surface area contributed by atoms with E-state index in [9.17, 15) is 19.8 Å². The van der Waals surface area contributed by atoms with Gasteiger partial charge in [0.1, 0.15) is 11.3 Å². The lowest BCUT2D eigenvalue weighted by molar-refractivity contribution is 0.0838. The van der Waals surface area contributed by atoms with Crippen LogP contribution in [0.4, 0.5) is 10.5 Å². The summed E-state index contributed by atoms with van der Waals surface area (Å²) < 4.78 is 13.1. The number of aromatic amines is 1. The van der Waals surface area contributed by atoms with Crippen molar-refractivity contribution in [1.82, 2.24) is 20.2 Å². The van der Waals surface area contributed by atoms with Gasteiger partial charge >= 0.3 is 6.09 Å². The number of carbonyl (C=O) groups is 1. The number of phenolic OH excluding ortho intramolecular Hbond substituents is 1. The zero-order chi connectivity index (χ0) is 42.9. The fraction of sp³-hybridized carbons (Fsp3) is 0.367. The van der Waals surface area contributed by atoms with Gasteiger partial charge in [-0.3, -0.25) is 9.69 Å². The zero-order valence-electron chi connectivity index (χ0n) is 35.8. The van der Waals surface area contributed by atoms with Crippen molar-refractivity contribution >= 4 is 48.2 Å². The third-order valence-corrected chi connectivity index (χ3v) is 17.5. The van der Waals surface area contributed by atoms with E-state index in [0.29, 0.717) is 43.3 Å². The van der Waals surface area contributed by atoms with Crippen molar-refractivity contribution in [2.24, 2.45) is 5.92 Å². The molecule has 4 aromatic carbocycles. The Morgan fingerprint density at radius 2 is 1.84 bits per heavy atom. The molecule has 0 aliphatic carbocycles. The fourth-order valence-electron chi connectivity index (χ4n) is 8.66. The number of rotatable bonds is 14. The molecule has 9 rings (SSSR count). The van der Waals surface area contributed by atoms with Gasteiger partial charge in [-0.05, 0) is 109 Å². The molecule has 1 amide bonds. The van der Waals surface area contributed by atoms with Gasteiger partial charge < -0.3 is 34.3 Å². The lowest BCUT2D eigenvalue weighted by Crippen LogP contribution is -2.59. The second kappa shape index (κ2) is 17.4. The molecule has 3 aliphatic heterocycles. The molecule has 11 nitrogen and oxygen atoms in total. The third kappa shape index (κ3) is 9.23. The number of anilines is 1. The first-order chi connectivity index (χ1) is 29.2. The molecule has 2 bridgehead atoms. The monoisotopic (exact) mass is 839 g/mol. The quantitative estimate of drug-likeness (QED) is 0.0788. The van der Waals surface area contributed by atoms with E-state index in [0.717, 1.165) is 82.5 Å². The maximum Gasteiger partial charge on any atom is 0.412 e. The number of allylic oxidation sites excluding steroid dienone is 1. The van der Waals surface area contributed by atoms with Gasteiger partial charge in [-0.1, -0.05) is 87.5 Å². The van der Waals surface area contributed by atoms with Crippen molar-refractivity contribution in [3.8, 4) is 16.9 Å². The van der Waals surface area contributed by atoms with Crippen molar-refractivity contribution in [3.63, 3.8) is 0 Å². The molecule has 0 spiro atoms. The van der Waals surface area contributed by atoms with Crippen LogP contribution in [0, 0.1) is 5.92 Å². The predicted octanol–water partition coefficient (Wildman–Crippen LogP) is 10.1. The number of hydrogen-bond donors (Lipinski definition) is 4. The number of amides is 1. The van der Waals surface area contributed by atoms with Gasteiger partial charge in [-0.2, -0.15) is 0 Å². The maximum atomic E-state index is 13.0. The number of oxazole rings is 1. The van der Waals surface area contributed by atoms with Crippen LogP contribution in [-0.4, -0.2) is 71.7 Å². The van der Waals surface area contributed by atoms with E-state index >= 15 is 0 Å². The summed E-state index contributed by atoms with van der Waals surface area (Å²) in [5.74, 6) is 1.04. The van der Waals surface area contributed by atoms with Crippen LogP contribution in [0.1, 0.15) is 68.7 Å². The van der Waals surface area contributed by atoms with E-state index in [4.69, 9.17) is 13.8 Å². The number of carboxylic acid groups (broad SMARTS) is 1. The highest BCUT2D eigenvalue weighted by molar-refractivity contribution is 6.74. The highest BCUT2D eigenvalue weighted by Gasteiger charge is 2.41. The number of aromatic nitrogens is 2. The molecule has 6 aromatic rings. The van der Waals surface area contributed by atoms with Gasteiger partial charge in [-0.25, -0.2) is 9.78 Å². The number of nitrogens with one attached hydrogen (secondary N) is 2. The van der Waals surface area contributed by atoms with E-state index in [1.807, 2.05) is 54.6 Å². The minimum atomic E-state index is -2.22. The second-order valence-corrected chi connectivity index (χ2v) is 22.9. The molecule has 3 saturated heterocycles. The van der Waals surface area contributed by atoms with Crippen LogP contribution in [0.3, 0.4) is 0 Å². The summed E-state index contributed by atoms with van der Waals surface area (Å²) in [6.07, 6.45) is 6.31. The largest absolute Gasteiger partial charge is 0.506 e. The molecule has 318 valence electrons. The van der Waals surface area contributed by atoms with Crippen molar-refractivity contribution < 1.29 is 23.9 Å². The summed E-state index contributed by atoms with van der Waals surface area (Å²) >= 11 is 0. The Bertz CT molecular complexity index is 2610. The molecule has 3 fully saturated rings. The van der Waals surface area contributed by atoms with Gasteiger partial charge in [0.15, 0.2) is 19.8 Å². The van der Waals surface area contributed by atoms with Crippen molar-refractivity contribution in [1.29, 1.82) is 0 Å². The van der Waals surface area contributed by atoms with E-state index in [-0.39, 0.29) is 28.5 Å². The average molecular weight is 840 g/mol. The fourth-order valence-corrected chi connectivity index (χ4v) is 9.94. The lowest BCUT2D eigenvalue weighted by Gasteiger charge is -2.48. The summed E-state index contributed by atoms with van der Waals surface area (Å²) in [7, 11) is -2.22. The van der Waals surface area contributed by atoms with Crippen molar-refractivity contribution in [2.75, 3.05) is 31.1 Å². The topological polar surface area (TPSA) is 144 Å². The molecule has 3 aliphatic rings. The van der Waals surface area contributed by atoms with Crippen LogP contribution in [0.15, 0.2) is 106 Å². The molecule has 4 N–H and O–H groups in total. The van der Waals surface area contributed by atoms with E-state index in [1.54, 1.807) is 17.0 Å². The third-order valence-electron chi connectivity index (χ3n) is 13.0. The summed E-state index contributed by atoms with van der Waals surface area (Å²) in [4.78, 5) is 36.8. The van der Waals surface area contributed by atoms with E-state index in [1.165, 1.54) is 6.07 Å². The molecule has 0 unspecified atom stereocenters. The molecule has 61 heavy (non-hydrogen) atoms. The summed E-state index contributed by atoms with van der Waals surface area (Å²) in [5.41, 5.74) is 7.22. The Balaban J connectivity index is 0.946. The summed E-state index contributed by atoms with van der Waals surface area (Å²) in [6.45, 7) is 15.0. The maximum absolute atomic E-state index is 13.0. The molecule has 0 radical (unpaired) electrons. The van der Waals surface area contributed by atoms with Crippen molar-refractivity contribution in [3.05, 3.63) is 130 Å². The Hall–Kier alpha value is -5.53. The number of phenols is 1. The van der Waals surface area contributed by atoms with Gasteiger partial charge in [0.05, 0.1) is 23.3 Å². The van der Waals surface area contributed by atoms with Gasteiger partial charge in [0, 0.05) is 43.1 Å². The number of nitrogens with zero attached hydrogens (tertiary/aromatic N) is 3. The van der Waals surface area contributed by atoms with Crippen LogP contribution in [0.25, 0.3) is 39.2 Å². The highest BCUT2D eigenvalue weighted by Crippen LogP contribution is 2.42. The first kappa shape index (κ1) is 42.2. The minimum absolute atomic E-state index is 0.0218. The predicted molar refractivity (Wildman–Crippen MR) is 246 cm³/mol. The summed E-state index contributed by atoms with van der Waals surface area (Å²) in [5, 5.41) is 25.6. The number of hydrogen-bond acceptors (Lipinski definition) is 8. The van der Waals surface area contributed by atoms with Gasteiger partial charge in [0.25, 0.3) is 0 Å².